The average molecular weight is 325 g/mol. The molecule has 1 aliphatic heterocycles. The lowest BCUT2D eigenvalue weighted by Crippen LogP contribution is -2.45. The molecule has 1 N–H and O–H groups in total. The van der Waals surface area contributed by atoms with Crippen LogP contribution in [-0.4, -0.2) is 31.1 Å². The Kier molecular flexibility index (Phi) is 5.43. The maximum Gasteiger partial charge on any atom is 0.0391 e. The third kappa shape index (κ3) is 3.59. The van der Waals surface area contributed by atoms with Crippen molar-refractivity contribution in [2.24, 2.45) is 5.92 Å². The molecular weight excluding hydrogens is 300 g/mol. The summed E-state index contributed by atoms with van der Waals surface area (Å²) in [6, 6.07) is 9.97. The van der Waals surface area contributed by atoms with Crippen molar-refractivity contribution in [3.8, 4) is 0 Å². The average Bonchev–Trinajstić information content (AvgIpc) is 2.38. The fourth-order valence-electron chi connectivity index (χ4n) is 3.31. The van der Waals surface area contributed by atoms with E-state index in [4.69, 9.17) is 0 Å². The fraction of sp³-hybridized carbons (Fsp3) is 0.625. The van der Waals surface area contributed by atoms with Crippen LogP contribution in [0.5, 0.6) is 0 Å². The highest BCUT2D eigenvalue weighted by Crippen LogP contribution is 2.37. The Morgan fingerprint density at radius 3 is 2.84 bits per heavy atom. The molecule has 1 aliphatic rings. The van der Waals surface area contributed by atoms with Crippen LogP contribution in [0.4, 0.5) is 0 Å². The lowest BCUT2D eigenvalue weighted by atomic mass is 9.83. The summed E-state index contributed by atoms with van der Waals surface area (Å²) in [7, 11) is 2.06. The molecule has 2 nitrogen and oxygen atoms in total. The Hall–Kier alpha value is -0.380. The van der Waals surface area contributed by atoms with E-state index >= 15 is 0 Å². The molecule has 1 saturated heterocycles. The largest absolute Gasteiger partial charge is 0.319 e. The van der Waals surface area contributed by atoms with Gasteiger partial charge in [-0.2, -0.15) is 0 Å². The van der Waals surface area contributed by atoms with Crippen molar-refractivity contribution in [1.29, 1.82) is 0 Å². The number of nitrogens with zero attached hydrogens (tertiary/aromatic N) is 1. The van der Waals surface area contributed by atoms with Crippen molar-refractivity contribution in [2.75, 3.05) is 20.1 Å². The maximum atomic E-state index is 3.61. The van der Waals surface area contributed by atoms with Gasteiger partial charge >= 0.3 is 0 Å². The molecule has 0 amide bonds. The van der Waals surface area contributed by atoms with Crippen LogP contribution in [0.1, 0.15) is 38.3 Å². The van der Waals surface area contributed by atoms with Gasteiger partial charge in [-0.15, -0.1) is 0 Å². The second kappa shape index (κ2) is 6.87. The smallest absolute Gasteiger partial charge is 0.0391 e. The molecule has 1 fully saturated rings. The minimum Gasteiger partial charge on any atom is -0.319 e. The fourth-order valence-corrected chi connectivity index (χ4v) is 3.73. The van der Waals surface area contributed by atoms with Crippen LogP contribution in [0.3, 0.4) is 0 Å². The molecule has 0 bridgehead atoms. The van der Waals surface area contributed by atoms with E-state index in [1.165, 1.54) is 29.4 Å². The molecular formula is C16H25BrN2. The Balaban J connectivity index is 2.31. The maximum absolute atomic E-state index is 3.61. The van der Waals surface area contributed by atoms with E-state index in [0.29, 0.717) is 18.0 Å². The molecule has 2 atom stereocenters. The topological polar surface area (TPSA) is 15.3 Å². The number of rotatable bonds is 4. The first kappa shape index (κ1) is 15.0. The zero-order valence-corrected chi connectivity index (χ0v) is 13.8. The normalized spacial score (nSPS) is 24.9. The Morgan fingerprint density at radius 1 is 1.42 bits per heavy atom. The quantitative estimate of drug-likeness (QED) is 0.905. The zero-order valence-electron chi connectivity index (χ0n) is 12.2. The number of hydrogen-bond donors (Lipinski definition) is 1. The van der Waals surface area contributed by atoms with E-state index in [0.717, 1.165) is 6.54 Å². The first-order chi connectivity index (χ1) is 9.13. The van der Waals surface area contributed by atoms with E-state index < -0.39 is 0 Å². The molecule has 106 valence electrons. The summed E-state index contributed by atoms with van der Waals surface area (Å²) in [6.45, 7) is 6.94. The number of nitrogens with one attached hydrogen (secondary N) is 1. The lowest BCUT2D eigenvalue weighted by molar-refractivity contribution is 0.0636. The van der Waals surface area contributed by atoms with Gasteiger partial charge in [0, 0.05) is 16.6 Å². The van der Waals surface area contributed by atoms with Gasteiger partial charge in [0.25, 0.3) is 0 Å². The van der Waals surface area contributed by atoms with E-state index in [1.807, 2.05) is 0 Å². The summed E-state index contributed by atoms with van der Waals surface area (Å²) < 4.78 is 1.18. The molecule has 0 spiro atoms. The van der Waals surface area contributed by atoms with Gasteiger partial charge in [-0.25, -0.2) is 0 Å². The van der Waals surface area contributed by atoms with Crippen molar-refractivity contribution in [3.63, 3.8) is 0 Å². The van der Waals surface area contributed by atoms with Crippen LogP contribution in [-0.2, 0) is 0 Å². The van der Waals surface area contributed by atoms with Gasteiger partial charge in [0.1, 0.15) is 0 Å². The summed E-state index contributed by atoms with van der Waals surface area (Å²) in [5.41, 5.74) is 1.45. The molecule has 0 aliphatic carbocycles. The van der Waals surface area contributed by atoms with Gasteiger partial charge < -0.3 is 5.32 Å². The number of piperidine rings is 1. The van der Waals surface area contributed by atoms with Gasteiger partial charge in [-0.05, 0) is 70.4 Å². The minimum atomic E-state index is 0.540. The molecule has 1 heterocycles. The number of benzene rings is 1. The van der Waals surface area contributed by atoms with E-state index in [1.54, 1.807) is 0 Å². The molecule has 1 aromatic rings. The highest BCUT2D eigenvalue weighted by atomic mass is 79.9. The number of likely N-dealkylation sites (tertiary alicyclic amines) is 1. The monoisotopic (exact) mass is 324 g/mol. The SMILES string of the molecule is CNCC1CCCN(C(C)C)C1c1cccc(Br)c1. The van der Waals surface area contributed by atoms with Crippen LogP contribution in [0, 0.1) is 5.92 Å². The highest BCUT2D eigenvalue weighted by molar-refractivity contribution is 9.10. The summed E-state index contributed by atoms with van der Waals surface area (Å²) in [4.78, 5) is 2.66. The molecule has 0 saturated carbocycles. The number of halogens is 1. The molecule has 3 heteroatoms. The molecule has 2 unspecified atom stereocenters. The predicted octanol–water partition coefficient (Wildman–Crippen LogP) is 3.83. The van der Waals surface area contributed by atoms with Gasteiger partial charge in [0.15, 0.2) is 0 Å². The van der Waals surface area contributed by atoms with Crippen molar-refractivity contribution < 1.29 is 0 Å². The van der Waals surface area contributed by atoms with E-state index in [9.17, 15) is 0 Å². The molecule has 1 aromatic carbocycles. The van der Waals surface area contributed by atoms with Crippen molar-refractivity contribution in [2.45, 2.75) is 38.8 Å². The zero-order chi connectivity index (χ0) is 13.8. The Labute approximate surface area is 125 Å². The third-order valence-corrected chi connectivity index (χ3v) is 4.61. The third-order valence-electron chi connectivity index (χ3n) is 4.11. The van der Waals surface area contributed by atoms with Crippen molar-refractivity contribution in [3.05, 3.63) is 34.3 Å². The number of hydrogen-bond acceptors (Lipinski definition) is 2. The Morgan fingerprint density at radius 2 is 2.21 bits per heavy atom. The summed E-state index contributed by atoms with van der Waals surface area (Å²) in [5, 5.41) is 3.37. The molecule has 0 radical (unpaired) electrons. The van der Waals surface area contributed by atoms with Gasteiger partial charge in [-0.3, -0.25) is 4.90 Å². The summed E-state index contributed by atoms with van der Waals surface area (Å²) in [6.07, 6.45) is 2.64. The van der Waals surface area contributed by atoms with Gasteiger partial charge in [-0.1, -0.05) is 28.1 Å². The minimum absolute atomic E-state index is 0.540. The van der Waals surface area contributed by atoms with Crippen molar-refractivity contribution >= 4 is 15.9 Å². The highest BCUT2D eigenvalue weighted by Gasteiger charge is 2.33. The van der Waals surface area contributed by atoms with E-state index in [2.05, 4.69) is 71.3 Å². The van der Waals surface area contributed by atoms with Gasteiger partial charge in [0.05, 0.1) is 0 Å². The van der Waals surface area contributed by atoms with Gasteiger partial charge in [0.2, 0.25) is 0 Å². The van der Waals surface area contributed by atoms with E-state index in [-0.39, 0.29) is 0 Å². The van der Waals surface area contributed by atoms with Crippen molar-refractivity contribution in [1.82, 2.24) is 10.2 Å². The van der Waals surface area contributed by atoms with Crippen LogP contribution >= 0.6 is 15.9 Å². The Bertz CT molecular complexity index is 403. The molecule has 2 rings (SSSR count). The standard InChI is InChI=1S/C16H25BrN2/c1-12(2)19-9-5-7-14(11-18-3)16(19)13-6-4-8-15(17)10-13/h4,6,8,10,12,14,16,18H,5,7,9,11H2,1-3H3. The lowest BCUT2D eigenvalue weighted by Gasteiger charge is -2.44. The second-order valence-electron chi connectivity index (χ2n) is 5.79. The van der Waals surface area contributed by atoms with Crippen LogP contribution in [0.2, 0.25) is 0 Å². The van der Waals surface area contributed by atoms with Crippen LogP contribution < -0.4 is 5.32 Å². The second-order valence-corrected chi connectivity index (χ2v) is 6.71. The first-order valence-corrected chi connectivity index (χ1v) is 8.08. The summed E-state index contributed by atoms with van der Waals surface area (Å²) in [5.74, 6) is 0.704. The summed E-state index contributed by atoms with van der Waals surface area (Å²) >= 11 is 3.61. The molecule has 19 heavy (non-hydrogen) atoms. The van der Waals surface area contributed by atoms with Crippen LogP contribution in [0.25, 0.3) is 0 Å². The molecule has 0 aromatic heterocycles. The first-order valence-electron chi connectivity index (χ1n) is 7.29. The predicted molar refractivity (Wildman–Crippen MR) is 85.4 cm³/mol. The van der Waals surface area contributed by atoms with Crippen LogP contribution in [0.15, 0.2) is 28.7 Å².